The topological polar surface area (TPSA) is 399 Å². The number of rotatable bonds is 26. The second-order valence-corrected chi connectivity index (χ2v) is 41.3. The molecule has 4 unspecified atom stereocenters. The molecule has 0 bridgehead atoms. The summed E-state index contributed by atoms with van der Waals surface area (Å²) >= 11 is 15.5. The molecule has 0 spiro atoms. The van der Waals surface area contributed by atoms with Gasteiger partial charge in [0.25, 0.3) is 23.6 Å². The van der Waals surface area contributed by atoms with Crippen LogP contribution in [0.15, 0.2) is 354 Å². The third-order valence-corrected chi connectivity index (χ3v) is 28.0. The monoisotopic (exact) mass is 2030 g/mol. The standard InChI is InChI=1S/C28H34N8OS.C28H33N7OS.C28H33N7O.C28H32N6OS/c1-18(9-10-21-20(3)22(11-12-28(21,4)5)35-14-13-30-16-35)7-6-8-19(2)15-23(37)34-36-17-31-24-25(36)32-27(29)33-26(24)38;1-19(9-10-22-21(3)23(11-12-28(22,4)5)34-14-13-29-17-34)7-6-8-20(2)15-24(36)33-35-18-32-25-26(35)30-16-31-27(25)37;1-19(9-10-22-21(3)23(11-12-28(22,4)5)34-14-13-30-17-34)7-6-8-20(2)15-24(36)35-18-33-25-26(29)31-16-32-27(25)35;1-19(9-10-22-21(3)23(11-12-28(22,4)5)33-14-13-29-17-33)7-6-8-20(2)15-24(35)34-18-32-25-26(34)30-16-31-27(25)36/h6-10,13-17,22H,11-12H2,1-5H3,(H,34,37)(H3,29,32,33,38);6-10,13-18,23H,11-12H2,1-5H3,(H,33,36)(H,30,31,37);6-10,13-18,23H,11-12H2,1-5H3,(H2,29,31,32);6-10,13-18,23H,11-12H2,1-5H3,(H,30,31,36)/b8-6+,10-9+,18-7+,19-15+;3*8-6+,10-9+,19-7+,20-15+. The molecule has 35 heteroatoms. The maximum absolute atomic E-state index is 12.7. The van der Waals surface area contributed by atoms with Gasteiger partial charge < -0.3 is 44.7 Å². The first kappa shape index (κ1) is 109. The number of hydrogen-bond acceptors (Lipinski definition) is 22. The van der Waals surface area contributed by atoms with Gasteiger partial charge in [0.2, 0.25) is 5.95 Å². The summed E-state index contributed by atoms with van der Waals surface area (Å²) in [6.07, 6.45) is 89.6. The highest BCUT2D eigenvalue weighted by atomic mass is 32.1. The zero-order valence-electron chi connectivity index (χ0n) is 87.2. The van der Waals surface area contributed by atoms with Crippen LogP contribution in [0, 0.1) is 35.6 Å². The number of aromatic amines is 3. The largest absolute Gasteiger partial charge is 0.382 e. The van der Waals surface area contributed by atoms with Crippen LogP contribution in [0.25, 0.3) is 44.7 Å². The van der Waals surface area contributed by atoms with Crippen molar-refractivity contribution in [2.75, 3.05) is 22.3 Å². The Morgan fingerprint density at radius 3 is 1.06 bits per heavy atom. The van der Waals surface area contributed by atoms with Crippen LogP contribution in [0.1, 0.15) is 224 Å². The first-order chi connectivity index (χ1) is 70.0. The Kier molecular flexibility index (Phi) is 35.8. The predicted octanol–water partition coefficient (Wildman–Crippen LogP) is 24.2. The van der Waals surface area contributed by atoms with E-state index >= 15 is 0 Å². The highest BCUT2D eigenvalue weighted by molar-refractivity contribution is 7.72. The van der Waals surface area contributed by atoms with Gasteiger partial charge in [-0.1, -0.05) is 236 Å². The van der Waals surface area contributed by atoms with Gasteiger partial charge in [-0.2, -0.15) is 0 Å². The van der Waals surface area contributed by atoms with E-state index in [1.165, 1.54) is 120 Å². The van der Waals surface area contributed by atoms with Crippen molar-refractivity contribution in [3.63, 3.8) is 0 Å². The van der Waals surface area contributed by atoms with Crippen molar-refractivity contribution < 1.29 is 19.2 Å². The minimum Gasteiger partial charge on any atom is -0.382 e. The lowest BCUT2D eigenvalue weighted by Crippen LogP contribution is -2.25. The van der Waals surface area contributed by atoms with E-state index in [4.69, 9.17) is 48.1 Å². The average Bonchev–Trinajstić information content (AvgIpc) is 1.23. The lowest BCUT2D eigenvalue weighted by Gasteiger charge is -2.38. The number of H-pyrrole nitrogens is 3. The van der Waals surface area contributed by atoms with Gasteiger partial charge in [-0.25, -0.2) is 78.7 Å². The van der Waals surface area contributed by atoms with Gasteiger partial charge >= 0.3 is 0 Å². The van der Waals surface area contributed by atoms with Gasteiger partial charge in [-0.05, 0) is 223 Å². The number of nitrogens with one attached hydrogen (secondary N) is 5. The van der Waals surface area contributed by atoms with Gasteiger partial charge in [0.1, 0.15) is 53.8 Å². The van der Waals surface area contributed by atoms with Crippen molar-refractivity contribution in [1.29, 1.82) is 0 Å². The number of anilines is 2. The molecule has 4 atom stereocenters. The van der Waals surface area contributed by atoms with E-state index in [9.17, 15) is 19.2 Å². The maximum atomic E-state index is 12.7. The molecule has 32 nitrogen and oxygen atoms in total. The Hall–Kier alpha value is -15.6. The van der Waals surface area contributed by atoms with Crippen LogP contribution in [-0.2, 0) is 9.59 Å². The molecule has 0 saturated carbocycles. The number of aromatic nitrogens is 24. The summed E-state index contributed by atoms with van der Waals surface area (Å²) in [5.74, 6) is -0.621. The van der Waals surface area contributed by atoms with Crippen LogP contribution >= 0.6 is 36.7 Å². The molecule has 16 rings (SSSR count). The van der Waals surface area contributed by atoms with Crippen LogP contribution in [-0.4, -0.2) is 140 Å². The summed E-state index contributed by atoms with van der Waals surface area (Å²) in [4.78, 5) is 113. The van der Waals surface area contributed by atoms with Crippen LogP contribution in [0.5, 0.6) is 0 Å². The first-order valence-electron chi connectivity index (χ1n) is 48.8. The molecule has 147 heavy (non-hydrogen) atoms. The number of nitrogen functional groups attached to an aromatic ring is 2. The molecule has 0 fully saturated rings. The third kappa shape index (κ3) is 27.7. The lowest BCUT2D eigenvalue weighted by molar-refractivity contribution is -0.113. The van der Waals surface area contributed by atoms with Gasteiger partial charge in [-0.15, -0.1) is 0 Å². The second-order valence-electron chi connectivity index (χ2n) is 40.1. The molecule has 0 saturated heterocycles. The van der Waals surface area contributed by atoms with Crippen molar-refractivity contribution >= 4 is 117 Å². The van der Waals surface area contributed by atoms with Crippen molar-refractivity contribution in [3.8, 4) is 0 Å². The van der Waals surface area contributed by atoms with Crippen molar-refractivity contribution in [2.24, 2.45) is 21.7 Å². The van der Waals surface area contributed by atoms with E-state index < -0.39 is 0 Å². The SMILES string of the molecule is CC1=C(/C=C/C(C)=C/C=C/C(C)=C/C(=O)Nn2cnc3c(=S)nc(N)[nH]c32)C(C)(C)CCC1n1ccnc1.CC1=C(/C=C/C(C)=C/C=C/C(C)=C/C(=O)Nn2cnc3c(=S)nc[nH]c32)C(C)(C)CCC1n1ccnc1.CC1=C(/C=C/C(C)=C/C=C/C(C)=C/C(=O)n2cnc3c(=S)nc[nH]c32)C(C)(C)CCC1n1ccnc1.CC1=C(/C=C/C(C)=C/C=C/C(C)=C/C(=O)n2cnc3c(N)ncnc32)C(C)(C)CCC1n1ccnc1. The second kappa shape index (κ2) is 48.4. The van der Waals surface area contributed by atoms with Crippen LogP contribution in [0.2, 0.25) is 0 Å². The van der Waals surface area contributed by atoms with E-state index in [2.05, 4.69) is 268 Å². The fraction of sp³-hybridized carbons (Fsp3) is 0.321. The molecule has 12 heterocycles. The molecule has 9 N–H and O–H groups in total. The van der Waals surface area contributed by atoms with E-state index in [0.717, 1.165) is 96.0 Å². The molecule has 4 aliphatic rings. The minimum atomic E-state index is -0.309. The fourth-order valence-corrected chi connectivity index (χ4v) is 19.6. The lowest BCUT2D eigenvalue weighted by atomic mass is 9.71. The molecule has 0 radical (unpaired) electrons. The number of amides is 2. The molecule has 0 aliphatic heterocycles. The Labute approximate surface area is 872 Å². The minimum absolute atomic E-state index is 0.119. The molecule has 762 valence electrons. The zero-order valence-corrected chi connectivity index (χ0v) is 89.6. The first-order valence-corrected chi connectivity index (χ1v) is 50.1. The number of nitrogens with zero attached hydrogens (tertiary/aromatic N) is 21. The number of carbonyl (C=O) groups is 4. The molecule has 4 aliphatic carbocycles. The highest BCUT2D eigenvalue weighted by Gasteiger charge is 2.37. The predicted molar refractivity (Wildman–Crippen MR) is 593 cm³/mol. The van der Waals surface area contributed by atoms with Gasteiger partial charge in [0, 0.05) is 73.9 Å². The summed E-state index contributed by atoms with van der Waals surface area (Å²) < 4.78 is 15.6. The summed E-state index contributed by atoms with van der Waals surface area (Å²) in [5.41, 5.74) is 40.3. The Bertz CT molecular complexity index is 7750. The molecular weight excluding hydrogens is 1900 g/mol. The highest BCUT2D eigenvalue weighted by Crippen LogP contribution is 2.50. The van der Waals surface area contributed by atoms with E-state index in [1.807, 2.05) is 175 Å². The number of allylic oxidation sites excluding steroid dienone is 38. The smallest absolute Gasteiger partial charge is 0.263 e. The molecule has 12 aromatic heterocycles. The van der Waals surface area contributed by atoms with Crippen molar-refractivity contribution in [3.05, 3.63) is 368 Å². The Morgan fingerprint density at radius 1 is 0.374 bits per heavy atom. The van der Waals surface area contributed by atoms with Crippen LogP contribution in [0.4, 0.5) is 11.8 Å². The van der Waals surface area contributed by atoms with Gasteiger partial charge in [-0.3, -0.25) is 34.6 Å². The van der Waals surface area contributed by atoms with E-state index in [-0.39, 0.29) is 61.7 Å². The zero-order chi connectivity index (χ0) is 106. The Balaban J connectivity index is 0.000000164. The van der Waals surface area contributed by atoms with Crippen molar-refractivity contribution in [2.45, 2.75) is 214 Å². The summed E-state index contributed by atoms with van der Waals surface area (Å²) in [6.45, 7) is 43.3. The van der Waals surface area contributed by atoms with Gasteiger partial charge in [0.15, 0.2) is 42.2 Å². The fourth-order valence-electron chi connectivity index (χ4n) is 18.9. The van der Waals surface area contributed by atoms with Crippen molar-refractivity contribution in [1.82, 2.24) is 116 Å². The number of carbonyl (C=O) groups excluding carboxylic acids is 4. The molecule has 12 aromatic rings. The maximum Gasteiger partial charge on any atom is 0.263 e. The number of imidazole rings is 8. The van der Waals surface area contributed by atoms with Gasteiger partial charge in [0.05, 0.1) is 62.1 Å². The van der Waals surface area contributed by atoms with E-state index in [1.54, 1.807) is 12.2 Å². The number of fused-ring (bicyclic) bond motifs is 4. The normalized spacial score (nSPS) is 19.0. The molecule has 0 aromatic carbocycles. The summed E-state index contributed by atoms with van der Waals surface area (Å²) in [5, 5.41) is 0. The average molecular weight is 2030 g/mol. The summed E-state index contributed by atoms with van der Waals surface area (Å²) in [7, 11) is 0. The number of nitrogens with two attached hydrogens (primary N) is 2. The Morgan fingerprint density at radius 2 is 0.694 bits per heavy atom. The third-order valence-electron chi connectivity index (χ3n) is 27.1. The van der Waals surface area contributed by atoms with Crippen LogP contribution < -0.4 is 22.3 Å². The van der Waals surface area contributed by atoms with E-state index in [0.29, 0.717) is 78.1 Å². The molecule has 2 amide bonds. The molecular formula is C112H132N28O4S3. The number of hydrogen-bond donors (Lipinski definition) is 7. The quantitative estimate of drug-likeness (QED) is 0.0150. The van der Waals surface area contributed by atoms with Crippen LogP contribution in [0.3, 0.4) is 0 Å². The summed E-state index contributed by atoms with van der Waals surface area (Å²) in [6, 6.07) is 1.41.